The van der Waals surface area contributed by atoms with Crippen molar-refractivity contribution in [1.29, 1.82) is 0 Å². The van der Waals surface area contributed by atoms with Crippen molar-refractivity contribution in [2.24, 2.45) is 0 Å². The molecule has 7 heteroatoms. The van der Waals surface area contributed by atoms with Gasteiger partial charge in [0.15, 0.2) is 11.2 Å². The Hall–Kier alpha value is -2.49. The van der Waals surface area contributed by atoms with Crippen LogP contribution in [0.4, 0.5) is 5.95 Å². The summed E-state index contributed by atoms with van der Waals surface area (Å²) >= 11 is 0. The van der Waals surface area contributed by atoms with Crippen LogP contribution in [0.2, 0.25) is 0 Å². The van der Waals surface area contributed by atoms with Crippen LogP contribution in [0.15, 0.2) is 9.59 Å². The van der Waals surface area contributed by atoms with Gasteiger partial charge in [0.1, 0.15) is 0 Å². The Morgan fingerprint density at radius 1 is 1.44 bits per heavy atom. The summed E-state index contributed by atoms with van der Waals surface area (Å²) in [7, 11) is 0. The quantitative estimate of drug-likeness (QED) is 0.504. The highest BCUT2D eigenvalue weighted by Gasteiger charge is 2.11. The molecule has 2 aromatic heterocycles. The molecule has 0 aromatic carbocycles. The van der Waals surface area contributed by atoms with Crippen molar-refractivity contribution >= 4 is 17.1 Å². The van der Waals surface area contributed by atoms with Crippen molar-refractivity contribution in [2.45, 2.75) is 13.3 Å². The van der Waals surface area contributed by atoms with E-state index in [-0.39, 0.29) is 17.1 Å². The number of imidazole rings is 1. The zero-order valence-electron chi connectivity index (χ0n) is 8.50. The molecule has 0 unspecified atom stereocenters. The molecule has 0 radical (unpaired) electrons. The lowest BCUT2D eigenvalue weighted by atomic mass is 10.5. The fraction of sp³-hybridized carbons (Fsp3) is 0.222. The third-order valence-corrected chi connectivity index (χ3v) is 1.95. The van der Waals surface area contributed by atoms with Gasteiger partial charge < -0.3 is 5.73 Å². The molecule has 0 atom stereocenters. The third-order valence-electron chi connectivity index (χ3n) is 1.95. The second-order valence-electron chi connectivity index (χ2n) is 3.05. The lowest BCUT2D eigenvalue weighted by molar-refractivity contribution is 1.06. The zero-order chi connectivity index (χ0) is 11.7. The van der Waals surface area contributed by atoms with Gasteiger partial charge in [-0.05, 0) is 0 Å². The van der Waals surface area contributed by atoms with E-state index in [9.17, 15) is 9.59 Å². The molecule has 0 saturated carbocycles. The van der Waals surface area contributed by atoms with Crippen LogP contribution in [0.25, 0.3) is 11.2 Å². The van der Waals surface area contributed by atoms with Gasteiger partial charge in [0, 0.05) is 12.5 Å². The van der Waals surface area contributed by atoms with E-state index in [4.69, 9.17) is 5.73 Å². The fourth-order valence-electron chi connectivity index (χ4n) is 1.31. The first kappa shape index (κ1) is 10.0. The first-order chi connectivity index (χ1) is 7.63. The second-order valence-corrected chi connectivity index (χ2v) is 3.05. The van der Waals surface area contributed by atoms with Gasteiger partial charge >= 0.3 is 5.69 Å². The van der Waals surface area contributed by atoms with Gasteiger partial charge in [-0.1, -0.05) is 12.8 Å². The molecule has 2 heterocycles. The van der Waals surface area contributed by atoms with Crippen molar-refractivity contribution in [3.05, 3.63) is 20.8 Å². The van der Waals surface area contributed by atoms with E-state index in [0.29, 0.717) is 6.42 Å². The molecule has 0 spiro atoms. The van der Waals surface area contributed by atoms with Crippen molar-refractivity contribution in [3.8, 4) is 12.0 Å². The maximum Gasteiger partial charge on any atom is 0.327 e. The molecular formula is C9H9N5O2. The average Bonchev–Trinajstić information content (AvgIpc) is 2.51. The Kier molecular flexibility index (Phi) is 2.25. The molecule has 0 aliphatic rings. The molecule has 0 aliphatic carbocycles. The Labute approximate surface area is 89.3 Å². The maximum atomic E-state index is 11.5. The average molecular weight is 219 g/mol. The number of fused-ring (bicyclic) bond motifs is 1. The first-order valence-corrected chi connectivity index (χ1v) is 4.63. The van der Waals surface area contributed by atoms with Crippen molar-refractivity contribution in [3.63, 3.8) is 0 Å². The van der Waals surface area contributed by atoms with Gasteiger partial charge in [0.25, 0.3) is 5.56 Å². The van der Waals surface area contributed by atoms with Gasteiger partial charge in [-0.25, -0.2) is 9.36 Å². The summed E-state index contributed by atoms with van der Waals surface area (Å²) in [6, 6.07) is 2.68. The molecular weight excluding hydrogens is 210 g/mol. The minimum atomic E-state index is -0.620. The van der Waals surface area contributed by atoms with Crippen LogP contribution >= 0.6 is 0 Å². The molecule has 7 nitrogen and oxygen atoms in total. The van der Waals surface area contributed by atoms with E-state index in [0.717, 1.165) is 0 Å². The number of hydrogen-bond acceptors (Lipinski definition) is 4. The smallest absolute Gasteiger partial charge is 0.327 e. The molecule has 0 fully saturated rings. The normalized spacial score (nSPS) is 10.1. The van der Waals surface area contributed by atoms with E-state index >= 15 is 0 Å². The topological polar surface area (TPSA) is 110 Å². The minimum Gasteiger partial charge on any atom is -0.368 e. The van der Waals surface area contributed by atoms with Gasteiger partial charge in [-0.15, -0.1) is 0 Å². The van der Waals surface area contributed by atoms with Gasteiger partial charge in [-0.2, -0.15) is 4.98 Å². The fourth-order valence-corrected chi connectivity index (χ4v) is 1.31. The number of hydrogen-bond donors (Lipinski definition) is 3. The predicted molar refractivity (Wildman–Crippen MR) is 58.9 cm³/mol. The number of nitrogens with zero attached hydrogens (tertiary/aromatic N) is 2. The summed E-state index contributed by atoms with van der Waals surface area (Å²) in [5.41, 5.74) is 4.69. The number of nitrogens with one attached hydrogen (secondary N) is 2. The number of nitrogens with two attached hydrogens (primary N) is 1. The Morgan fingerprint density at radius 3 is 2.88 bits per heavy atom. The van der Waals surface area contributed by atoms with Gasteiger partial charge in [-0.3, -0.25) is 14.8 Å². The SMILES string of the molecule is CCC#Cn1c(N)nc2[nH]c(=O)[nH]c(=O)c21. The van der Waals surface area contributed by atoms with Crippen LogP contribution in [0.3, 0.4) is 0 Å². The lowest BCUT2D eigenvalue weighted by Crippen LogP contribution is -2.22. The van der Waals surface area contributed by atoms with Crippen LogP contribution in [0, 0.1) is 12.0 Å². The second kappa shape index (κ2) is 3.58. The monoisotopic (exact) mass is 219 g/mol. The Morgan fingerprint density at radius 2 is 2.19 bits per heavy atom. The van der Waals surface area contributed by atoms with Gasteiger partial charge in [0.2, 0.25) is 5.95 Å². The maximum absolute atomic E-state index is 11.5. The van der Waals surface area contributed by atoms with Crippen molar-refractivity contribution in [2.75, 3.05) is 5.73 Å². The predicted octanol–water partition coefficient (Wildman–Crippen LogP) is -0.786. The summed E-state index contributed by atoms with van der Waals surface area (Å²) in [6.07, 6.45) is 0.625. The zero-order valence-corrected chi connectivity index (χ0v) is 8.50. The van der Waals surface area contributed by atoms with Crippen LogP contribution in [0.1, 0.15) is 13.3 Å². The summed E-state index contributed by atoms with van der Waals surface area (Å²) in [4.78, 5) is 30.9. The van der Waals surface area contributed by atoms with E-state index in [1.54, 1.807) is 0 Å². The number of nitrogen functional groups attached to an aromatic ring is 1. The number of rotatable bonds is 0. The van der Waals surface area contributed by atoms with Crippen LogP contribution < -0.4 is 17.0 Å². The number of aromatic nitrogens is 4. The number of H-pyrrole nitrogens is 2. The molecule has 0 aliphatic heterocycles. The summed E-state index contributed by atoms with van der Waals surface area (Å²) in [6.45, 7) is 1.87. The molecule has 0 saturated heterocycles. The molecule has 4 N–H and O–H groups in total. The Balaban J connectivity index is 2.89. The highest BCUT2D eigenvalue weighted by Crippen LogP contribution is 2.08. The lowest BCUT2D eigenvalue weighted by Gasteiger charge is -1.92. The van der Waals surface area contributed by atoms with Crippen molar-refractivity contribution in [1.82, 2.24) is 19.5 Å². The molecule has 2 rings (SSSR count). The summed E-state index contributed by atoms with van der Waals surface area (Å²) < 4.78 is 1.26. The highest BCUT2D eigenvalue weighted by atomic mass is 16.2. The van der Waals surface area contributed by atoms with Gasteiger partial charge in [0.05, 0.1) is 0 Å². The van der Waals surface area contributed by atoms with E-state index in [2.05, 4.69) is 26.9 Å². The summed E-state index contributed by atoms with van der Waals surface area (Å²) in [5.74, 6) is 2.85. The Bertz CT molecular complexity index is 709. The first-order valence-electron chi connectivity index (χ1n) is 4.63. The van der Waals surface area contributed by atoms with E-state index in [1.807, 2.05) is 6.92 Å². The summed E-state index contributed by atoms with van der Waals surface area (Å²) in [5, 5.41) is 0. The molecule has 0 bridgehead atoms. The van der Waals surface area contributed by atoms with E-state index < -0.39 is 11.2 Å². The molecule has 82 valence electrons. The van der Waals surface area contributed by atoms with Crippen molar-refractivity contribution < 1.29 is 0 Å². The van der Waals surface area contributed by atoms with Crippen LogP contribution in [-0.4, -0.2) is 19.5 Å². The molecule has 2 aromatic rings. The third kappa shape index (κ3) is 1.46. The minimum absolute atomic E-state index is 0.0725. The number of aromatic amines is 2. The largest absolute Gasteiger partial charge is 0.368 e. The number of anilines is 1. The van der Waals surface area contributed by atoms with Crippen LogP contribution in [-0.2, 0) is 0 Å². The van der Waals surface area contributed by atoms with Crippen LogP contribution in [0.5, 0.6) is 0 Å². The molecule has 0 amide bonds. The molecule has 16 heavy (non-hydrogen) atoms. The highest BCUT2D eigenvalue weighted by molar-refractivity contribution is 5.74. The van der Waals surface area contributed by atoms with E-state index in [1.165, 1.54) is 4.57 Å². The standard InChI is InChI=1S/C9H9N5O2/c1-2-3-4-14-5-6(11-8(14)10)12-9(16)13-7(5)15/h2H2,1H3,(H4,10,11,12,13,15,16).